The Kier molecular flexibility index (Phi) is 5.60. The number of nitrogens with one attached hydrogen (secondary N) is 1. The fourth-order valence-electron chi connectivity index (χ4n) is 2.58. The number of carbonyl (C=O) groups excluding carboxylic acids is 1. The summed E-state index contributed by atoms with van der Waals surface area (Å²) in [5.74, 6) is -0.183. The molecule has 6 nitrogen and oxygen atoms in total. The lowest BCUT2D eigenvalue weighted by molar-refractivity contribution is -0.885. The van der Waals surface area contributed by atoms with Crippen molar-refractivity contribution < 1.29 is 18.8 Å². The zero-order chi connectivity index (χ0) is 16.1. The van der Waals surface area contributed by atoms with Gasteiger partial charge in [-0.05, 0) is 26.0 Å². The lowest BCUT2D eigenvalue weighted by Crippen LogP contribution is -3.10. The molecule has 0 aromatic carbocycles. The van der Waals surface area contributed by atoms with Gasteiger partial charge < -0.3 is 19.0 Å². The molecule has 122 valence electrons. The van der Waals surface area contributed by atoms with E-state index < -0.39 is 5.91 Å². The highest BCUT2D eigenvalue weighted by molar-refractivity contribution is 5.99. The number of amidine groups is 1. The first-order valence-corrected chi connectivity index (χ1v) is 7.84. The molecule has 0 bridgehead atoms. The number of likely N-dealkylation sites (tertiary alicyclic amines) is 1. The molecule has 1 aliphatic rings. The molecule has 0 unspecified atom stereocenters. The van der Waals surface area contributed by atoms with Gasteiger partial charge >= 0.3 is 5.91 Å². The van der Waals surface area contributed by atoms with Crippen LogP contribution in [0.3, 0.4) is 0 Å². The summed E-state index contributed by atoms with van der Waals surface area (Å²) < 4.78 is 10.9. The van der Waals surface area contributed by atoms with Crippen LogP contribution in [-0.2, 0) is 4.74 Å². The first kappa shape index (κ1) is 16.5. The first-order valence-electron chi connectivity index (χ1n) is 7.84. The summed E-state index contributed by atoms with van der Waals surface area (Å²) in [6.45, 7) is 6.10. The van der Waals surface area contributed by atoms with Crippen LogP contribution in [0, 0.1) is 0 Å². The number of ether oxygens (including phenoxy) is 1. The minimum atomic E-state index is -0.411. The topological polar surface area (TPSA) is 59.5 Å². The second kappa shape index (κ2) is 7.45. The van der Waals surface area contributed by atoms with E-state index in [9.17, 15) is 4.79 Å². The quantitative estimate of drug-likeness (QED) is 0.663. The maximum Gasteiger partial charge on any atom is 0.317 e. The highest BCUT2D eigenvalue weighted by Gasteiger charge is 2.27. The van der Waals surface area contributed by atoms with E-state index in [1.165, 1.54) is 6.26 Å². The minimum Gasteiger partial charge on any atom is -0.462 e. The number of rotatable bonds is 3. The fourth-order valence-corrected chi connectivity index (χ4v) is 2.58. The molecule has 22 heavy (non-hydrogen) atoms. The standard InChI is InChI=1S/C16H25N3O3/c1-12(2)22-16(17-15(20)14-6-5-11-21-14)19(4)13-7-9-18(3)10-8-13/h5-6,11-13H,7-10H2,1-4H3/p+1. The number of aliphatic imine (C=N–C) groups is 1. The lowest BCUT2D eigenvalue weighted by atomic mass is 10.0. The fraction of sp³-hybridized carbons (Fsp3) is 0.625. The Morgan fingerprint density at radius 2 is 2.14 bits per heavy atom. The molecule has 6 heteroatoms. The Morgan fingerprint density at radius 3 is 2.68 bits per heavy atom. The van der Waals surface area contributed by atoms with Crippen LogP contribution in [0.25, 0.3) is 0 Å². The van der Waals surface area contributed by atoms with Gasteiger partial charge in [0.1, 0.15) is 0 Å². The average Bonchev–Trinajstić information content (AvgIpc) is 3.00. The van der Waals surface area contributed by atoms with Crippen LogP contribution in [0.5, 0.6) is 0 Å². The molecule has 1 aromatic rings. The van der Waals surface area contributed by atoms with Gasteiger partial charge in [-0.1, -0.05) is 0 Å². The van der Waals surface area contributed by atoms with Crippen LogP contribution in [0.15, 0.2) is 27.8 Å². The third-order valence-electron chi connectivity index (χ3n) is 3.93. The largest absolute Gasteiger partial charge is 0.462 e. The molecule has 1 fully saturated rings. The SMILES string of the molecule is CC(C)OC(=NC(=O)c1ccco1)N(C)C1CC[NH+](C)CC1. The van der Waals surface area contributed by atoms with Crippen molar-refractivity contribution in [3.8, 4) is 0 Å². The van der Waals surface area contributed by atoms with Gasteiger partial charge in [0.2, 0.25) is 0 Å². The van der Waals surface area contributed by atoms with Crippen LogP contribution in [-0.4, -0.2) is 56.2 Å². The van der Waals surface area contributed by atoms with Gasteiger partial charge in [0.05, 0.1) is 32.5 Å². The van der Waals surface area contributed by atoms with E-state index >= 15 is 0 Å². The van der Waals surface area contributed by atoms with Gasteiger partial charge in [0, 0.05) is 25.9 Å². The van der Waals surface area contributed by atoms with E-state index in [-0.39, 0.29) is 11.9 Å². The van der Waals surface area contributed by atoms with Gasteiger partial charge in [-0.3, -0.25) is 4.79 Å². The van der Waals surface area contributed by atoms with Crippen molar-refractivity contribution in [3.05, 3.63) is 24.2 Å². The van der Waals surface area contributed by atoms with Crippen molar-refractivity contribution in [1.82, 2.24) is 4.90 Å². The monoisotopic (exact) mass is 308 g/mol. The molecule has 0 atom stereocenters. The van der Waals surface area contributed by atoms with E-state index in [4.69, 9.17) is 9.15 Å². The normalized spacial score (nSPS) is 22.7. The summed E-state index contributed by atoms with van der Waals surface area (Å²) in [7, 11) is 4.15. The molecule has 0 radical (unpaired) electrons. The van der Waals surface area contributed by atoms with E-state index in [0.29, 0.717) is 12.1 Å². The van der Waals surface area contributed by atoms with Crippen LogP contribution >= 0.6 is 0 Å². The lowest BCUT2D eigenvalue weighted by Gasteiger charge is -2.34. The maximum atomic E-state index is 12.1. The molecule has 2 heterocycles. The highest BCUT2D eigenvalue weighted by atomic mass is 16.5. The number of carbonyl (C=O) groups is 1. The summed E-state index contributed by atoms with van der Waals surface area (Å²) >= 11 is 0. The number of furan rings is 1. The summed E-state index contributed by atoms with van der Waals surface area (Å²) in [6, 6.07) is 4.01. The predicted octanol–water partition coefficient (Wildman–Crippen LogP) is 0.810. The third-order valence-corrected chi connectivity index (χ3v) is 3.93. The number of nitrogens with zero attached hydrogens (tertiary/aromatic N) is 2. The number of hydrogen-bond acceptors (Lipinski definition) is 3. The van der Waals surface area contributed by atoms with Crippen molar-refractivity contribution >= 4 is 11.9 Å². The second-order valence-electron chi connectivity index (χ2n) is 6.14. The predicted molar refractivity (Wildman–Crippen MR) is 84.1 cm³/mol. The summed E-state index contributed by atoms with van der Waals surface area (Å²) in [6.07, 6.45) is 3.56. The van der Waals surface area contributed by atoms with Crippen LogP contribution in [0.4, 0.5) is 0 Å². The Hall–Kier alpha value is -1.82. The van der Waals surface area contributed by atoms with Crippen molar-refractivity contribution in [1.29, 1.82) is 0 Å². The molecule has 1 N–H and O–H groups in total. The first-order chi connectivity index (χ1) is 10.5. The Bertz CT molecular complexity index is 503. The van der Waals surface area contributed by atoms with Crippen molar-refractivity contribution in [2.45, 2.75) is 38.8 Å². The number of hydrogen-bond donors (Lipinski definition) is 1. The zero-order valence-corrected chi connectivity index (χ0v) is 13.8. The third kappa shape index (κ3) is 4.34. The Labute approximate surface area is 131 Å². The van der Waals surface area contributed by atoms with Crippen LogP contribution in [0.1, 0.15) is 37.2 Å². The smallest absolute Gasteiger partial charge is 0.317 e. The average molecular weight is 308 g/mol. The molecule has 1 saturated heterocycles. The van der Waals surface area contributed by atoms with E-state index in [1.807, 2.05) is 25.8 Å². The van der Waals surface area contributed by atoms with Gasteiger partial charge in [0.25, 0.3) is 6.02 Å². The Balaban J connectivity index is 2.12. The van der Waals surface area contributed by atoms with E-state index in [0.717, 1.165) is 25.9 Å². The molecule has 0 spiro atoms. The van der Waals surface area contributed by atoms with Crippen molar-refractivity contribution in [2.75, 3.05) is 27.2 Å². The van der Waals surface area contributed by atoms with Gasteiger partial charge in [-0.15, -0.1) is 0 Å². The molecular formula is C16H26N3O3+. The maximum absolute atomic E-state index is 12.1. The highest BCUT2D eigenvalue weighted by Crippen LogP contribution is 2.12. The van der Waals surface area contributed by atoms with Crippen molar-refractivity contribution in [3.63, 3.8) is 0 Å². The van der Waals surface area contributed by atoms with Gasteiger partial charge in [-0.2, -0.15) is 4.99 Å². The van der Waals surface area contributed by atoms with Crippen molar-refractivity contribution in [2.24, 2.45) is 4.99 Å². The molecule has 1 amide bonds. The summed E-state index contributed by atoms with van der Waals surface area (Å²) in [4.78, 5) is 19.8. The molecule has 1 aliphatic heterocycles. The van der Waals surface area contributed by atoms with E-state index in [1.54, 1.807) is 17.0 Å². The molecule has 0 aliphatic carbocycles. The van der Waals surface area contributed by atoms with E-state index in [2.05, 4.69) is 12.0 Å². The number of piperidine rings is 1. The summed E-state index contributed by atoms with van der Waals surface area (Å²) in [5, 5.41) is 0. The zero-order valence-electron chi connectivity index (χ0n) is 13.8. The number of amides is 1. The summed E-state index contributed by atoms with van der Waals surface area (Å²) in [5.41, 5.74) is 0. The second-order valence-corrected chi connectivity index (χ2v) is 6.14. The molecule has 0 saturated carbocycles. The molecular weight excluding hydrogens is 282 g/mol. The van der Waals surface area contributed by atoms with Crippen LogP contribution < -0.4 is 4.90 Å². The minimum absolute atomic E-state index is 0.0394. The molecule has 2 rings (SSSR count). The number of quaternary nitrogens is 1. The van der Waals surface area contributed by atoms with Crippen LogP contribution in [0.2, 0.25) is 0 Å². The Morgan fingerprint density at radius 1 is 1.45 bits per heavy atom. The van der Waals surface area contributed by atoms with Gasteiger partial charge in [0.15, 0.2) is 5.76 Å². The molecule has 1 aromatic heterocycles. The van der Waals surface area contributed by atoms with Gasteiger partial charge in [-0.25, -0.2) is 0 Å².